The highest BCUT2D eigenvalue weighted by molar-refractivity contribution is 7.11. The smallest absolute Gasteiger partial charge is 0.191 e. The maximum Gasteiger partial charge on any atom is 0.191 e. The molecule has 0 fully saturated rings. The van der Waals surface area contributed by atoms with E-state index in [0.29, 0.717) is 6.04 Å². The van der Waals surface area contributed by atoms with Gasteiger partial charge in [-0.1, -0.05) is 0 Å². The van der Waals surface area contributed by atoms with Gasteiger partial charge in [-0.2, -0.15) is 11.3 Å². The highest BCUT2D eigenvalue weighted by Crippen LogP contribution is 2.16. The van der Waals surface area contributed by atoms with Crippen LogP contribution in [-0.2, 0) is 13.0 Å². The molecule has 21 heavy (non-hydrogen) atoms. The molecule has 2 heterocycles. The quantitative estimate of drug-likeness (QED) is 0.627. The molecule has 0 amide bonds. The minimum absolute atomic E-state index is 0.364. The maximum atomic E-state index is 4.65. The third-order valence-corrected chi connectivity index (χ3v) is 4.79. The zero-order chi connectivity index (χ0) is 15.1. The summed E-state index contributed by atoms with van der Waals surface area (Å²) >= 11 is 3.58. The Hall–Kier alpha value is -1.33. The molecule has 0 aliphatic heterocycles. The molecule has 114 valence electrons. The molecule has 0 saturated carbocycles. The van der Waals surface area contributed by atoms with Crippen molar-refractivity contribution < 1.29 is 0 Å². The molecule has 2 aromatic rings. The first-order valence-corrected chi connectivity index (χ1v) is 9.04. The Kier molecular flexibility index (Phi) is 6.26. The zero-order valence-corrected chi connectivity index (χ0v) is 14.5. The number of rotatable bonds is 6. The lowest BCUT2D eigenvalue weighted by atomic mass is 10.2. The monoisotopic (exact) mass is 321 g/mol. The summed E-state index contributed by atoms with van der Waals surface area (Å²) in [6.07, 6.45) is 1.03. The van der Waals surface area contributed by atoms with Crippen molar-refractivity contribution in [1.82, 2.24) is 10.6 Å². The number of guanidine groups is 1. The Bertz CT molecular complexity index is 558. The second-order valence-corrected chi connectivity index (χ2v) is 7.24. The van der Waals surface area contributed by atoms with Crippen LogP contribution in [0.1, 0.15) is 29.2 Å². The van der Waals surface area contributed by atoms with E-state index in [1.54, 1.807) is 11.3 Å². The van der Waals surface area contributed by atoms with Crippen molar-refractivity contribution in [3.05, 3.63) is 44.3 Å². The SMILES string of the molecule is CCNC(=NCc1ccsc1)NC(C)Cc1ccc(C)s1. The summed E-state index contributed by atoms with van der Waals surface area (Å²) in [5.41, 5.74) is 1.26. The summed E-state index contributed by atoms with van der Waals surface area (Å²) in [6, 6.07) is 6.88. The van der Waals surface area contributed by atoms with Crippen LogP contribution in [0.4, 0.5) is 0 Å². The van der Waals surface area contributed by atoms with Gasteiger partial charge < -0.3 is 10.6 Å². The number of hydrogen-bond acceptors (Lipinski definition) is 3. The van der Waals surface area contributed by atoms with E-state index in [2.05, 4.69) is 65.4 Å². The fourth-order valence-electron chi connectivity index (χ4n) is 2.05. The number of aliphatic imine (C=N–C) groups is 1. The lowest BCUT2D eigenvalue weighted by Gasteiger charge is -2.17. The standard InChI is InChI=1S/C16H23N3S2/c1-4-17-16(18-10-14-7-8-20-11-14)19-12(2)9-15-6-5-13(3)21-15/h5-8,11-12H,4,9-10H2,1-3H3,(H2,17,18,19). The van der Waals surface area contributed by atoms with Crippen LogP contribution in [0.2, 0.25) is 0 Å². The Balaban J connectivity index is 1.90. The average Bonchev–Trinajstić information content (AvgIpc) is 3.08. The molecule has 2 N–H and O–H groups in total. The molecule has 2 aromatic heterocycles. The van der Waals surface area contributed by atoms with Crippen molar-refractivity contribution >= 4 is 28.6 Å². The number of thiophene rings is 2. The van der Waals surface area contributed by atoms with Gasteiger partial charge in [0.1, 0.15) is 0 Å². The largest absolute Gasteiger partial charge is 0.357 e. The van der Waals surface area contributed by atoms with Crippen molar-refractivity contribution in [1.29, 1.82) is 0 Å². The van der Waals surface area contributed by atoms with E-state index in [9.17, 15) is 0 Å². The van der Waals surface area contributed by atoms with E-state index in [0.717, 1.165) is 25.5 Å². The molecule has 0 saturated heterocycles. The van der Waals surface area contributed by atoms with Crippen LogP contribution >= 0.6 is 22.7 Å². The lowest BCUT2D eigenvalue weighted by Crippen LogP contribution is -2.43. The maximum absolute atomic E-state index is 4.65. The molecule has 1 unspecified atom stereocenters. The highest BCUT2D eigenvalue weighted by Gasteiger charge is 2.07. The third kappa shape index (κ3) is 5.52. The Morgan fingerprint density at radius 2 is 2.19 bits per heavy atom. The van der Waals surface area contributed by atoms with Crippen molar-refractivity contribution in [2.45, 2.75) is 39.8 Å². The minimum Gasteiger partial charge on any atom is -0.357 e. The summed E-state index contributed by atoms with van der Waals surface area (Å²) in [7, 11) is 0. The Morgan fingerprint density at radius 1 is 1.33 bits per heavy atom. The first-order chi connectivity index (χ1) is 10.2. The molecular formula is C16H23N3S2. The zero-order valence-electron chi connectivity index (χ0n) is 12.8. The second kappa shape index (κ2) is 8.20. The van der Waals surface area contributed by atoms with E-state index in [-0.39, 0.29) is 0 Å². The molecule has 0 aromatic carbocycles. The van der Waals surface area contributed by atoms with Gasteiger partial charge in [-0.3, -0.25) is 0 Å². The van der Waals surface area contributed by atoms with Crippen LogP contribution in [0.15, 0.2) is 34.0 Å². The van der Waals surface area contributed by atoms with Gasteiger partial charge in [-0.25, -0.2) is 4.99 Å². The van der Waals surface area contributed by atoms with Gasteiger partial charge in [0, 0.05) is 28.8 Å². The van der Waals surface area contributed by atoms with Crippen molar-refractivity contribution in [3.8, 4) is 0 Å². The molecule has 0 bridgehead atoms. The molecule has 0 aliphatic rings. The summed E-state index contributed by atoms with van der Waals surface area (Å²) in [5.74, 6) is 0.893. The van der Waals surface area contributed by atoms with Gasteiger partial charge in [0.15, 0.2) is 5.96 Å². The summed E-state index contributed by atoms with van der Waals surface area (Å²) in [6.45, 7) is 8.05. The Labute approximate surface area is 135 Å². The first kappa shape index (κ1) is 16.0. The molecule has 0 spiro atoms. The van der Waals surface area contributed by atoms with Crippen LogP contribution in [0.5, 0.6) is 0 Å². The molecule has 0 radical (unpaired) electrons. The molecule has 1 atom stereocenters. The number of nitrogens with zero attached hydrogens (tertiary/aromatic N) is 1. The molecule has 2 rings (SSSR count). The van der Waals surface area contributed by atoms with Crippen LogP contribution in [0.3, 0.4) is 0 Å². The van der Waals surface area contributed by atoms with Gasteiger partial charge in [-0.05, 0) is 55.3 Å². The number of hydrogen-bond donors (Lipinski definition) is 2. The van der Waals surface area contributed by atoms with Crippen molar-refractivity contribution in [2.75, 3.05) is 6.54 Å². The highest BCUT2D eigenvalue weighted by atomic mass is 32.1. The van der Waals surface area contributed by atoms with Crippen LogP contribution in [-0.4, -0.2) is 18.5 Å². The van der Waals surface area contributed by atoms with Gasteiger partial charge >= 0.3 is 0 Å². The van der Waals surface area contributed by atoms with Gasteiger partial charge in [0.25, 0.3) is 0 Å². The molecule has 5 heteroatoms. The fraction of sp³-hybridized carbons (Fsp3) is 0.438. The van der Waals surface area contributed by atoms with E-state index < -0.39 is 0 Å². The predicted molar refractivity (Wildman–Crippen MR) is 94.5 cm³/mol. The summed E-state index contributed by atoms with van der Waals surface area (Å²) in [5, 5.41) is 11.0. The second-order valence-electron chi connectivity index (χ2n) is 5.09. The minimum atomic E-state index is 0.364. The third-order valence-electron chi connectivity index (χ3n) is 3.03. The Morgan fingerprint density at radius 3 is 2.81 bits per heavy atom. The summed E-state index contributed by atoms with van der Waals surface area (Å²) in [4.78, 5) is 7.44. The fourth-order valence-corrected chi connectivity index (χ4v) is 3.73. The number of aryl methyl sites for hydroxylation is 1. The van der Waals surface area contributed by atoms with Gasteiger partial charge in [0.2, 0.25) is 0 Å². The first-order valence-electron chi connectivity index (χ1n) is 7.28. The predicted octanol–water partition coefficient (Wildman–Crippen LogP) is 3.80. The van der Waals surface area contributed by atoms with Gasteiger partial charge in [-0.15, -0.1) is 11.3 Å². The van der Waals surface area contributed by atoms with Crippen molar-refractivity contribution in [3.63, 3.8) is 0 Å². The topological polar surface area (TPSA) is 36.4 Å². The molecule has 0 aliphatic carbocycles. The average molecular weight is 322 g/mol. The van der Waals surface area contributed by atoms with Crippen LogP contribution in [0.25, 0.3) is 0 Å². The van der Waals surface area contributed by atoms with E-state index in [1.807, 2.05) is 11.3 Å². The lowest BCUT2D eigenvalue weighted by molar-refractivity contribution is 0.645. The van der Waals surface area contributed by atoms with Crippen LogP contribution in [0, 0.1) is 6.92 Å². The van der Waals surface area contributed by atoms with E-state index >= 15 is 0 Å². The van der Waals surface area contributed by atoms with Gasteiger partial charge in [0.05, 0.1) is 6.54 Å². The van der Waals surface area contributed by atoms with E-state index in [4.69, 9.17) is 0 Å². The van der Waals surface area contributed by atoms with E-state index in [1.165, 1.54) is 15.3 Å². The van der Waals surface area contributed by atoms with Crippen LogP contribution < -0.4 is 10.6 Å². The summed E-state index contributed by atoms with van der Waals surface area (Å²) < 4.78 is 0. The normalized spacial score (nSPS) is 13.2. The number of nitrogens with one attached hydrogen (secondary N) is 2. The molecule has 3 nitrogen and oxygen atoms in total. The van der Waals surface area contributed by atoms with Crippen molar-refractivity contribution in [2.24, 2.45) is 4.99 Å². The molecular weight excluding hydrogens is 298 g/mol.